The average Bonchev–Trinajstić information content (AvgIpc) is 3.16. The molecule has 2 aromatic rings. The molecule has 0 unspecified atom stereocenters. The van der Waals surface area contributed by atoms with Crippen LogP contribution in [0.15, 0.2) is 47.1 Å². The van der Waals surface area contributed by atoms with Gasteiger partial charge in [0.05, 0.1) is 18.4 Å². The van der Waals surface area contributed by atoms with Gasteiger partial charge in [-0.25, -0.2) is 9.59 Å². The van der Waals surface area contributed by atoms with E-state index in [-0.39, 0.29) is 5.56 Å². The lowest BCUT2D eigenvalue weighted by molar-refractivity contribution is -0.125. The summed E-state index contributed by atoms with van der Waals surface area (Å²) in [6.07, 6.45) is -3.11. The maximum absolute atomic E-state index is 12.2. The molecular weight excluding hydrogens is 383 g/mol. The van der Waals surface area contributed by atoms with E-state index in [4.69, 9.17) is 9.15 Å². The highest BCUT2D eigenvalue weighted by atomic mass is 19.4. The molecule has 0 saturated heterocycles. The third-order valence-electron chi connectivity index (χ3n) is 3.22. The van der Waals surface area contributed by atoms with Crippen LogP contribution in [0.1, 0.15) is 16.1 Å². The Balaban J connectivity index is 1.84. The predicted octanol–water partition coefficient (Wildman–Crippen LogP) is 2.44. The molecule has 3 N–H and O–H groups in total. The molecule has 0 atom stereocenters. The van der Waals surface area contributed by atoms with Gasteiger partial charge in [-0.05, 0) is 24.3 Å². The Morgan fingerprint density at radius 3 is 2.50 bits per heavy atom. The van der Waals surface area contributed by atoms with E-state index in [9.17, 15) is 27.6 Å². The Morgan fingerprint density at radius 2 is 1.82 bits per heavy atom. The van der Waals surface area contributed by atoms with Crippen LogP contribution in [0.2, 0.25) is 0 Å². The lowest BCUT2D eigenvalue weighted by atomic mass is 10.2. The lowest BCUT2D eigenvalue weighted by Crippen LogP contribution is -2.44. The van der Waals surface area contributed by atoms with E-state index < -0.39 is 37.2 Å². The summed E-state index contributed by atoms with van der Waals surface area (Å²) in [6.45, 7) is -2.14. The van der Waals surface area contributed by atoms with Crippen LogP contribution in [0.25, 0.3) is 0 Å². The molecule has 0 saturated carbocycles. The van der Waals surface area contributed by atoms with E-state index in [0.717, 1.165) is 0 Å². The number of alkyl halides is 3. The summed E-state index contributed by atoms with van der Waals surface area (Å²) in [4.78, 5) is 34.8. The van der Waals surface area contributed by atoms with Gasteiger partial charge in [0.1, 0.15) is 12.3 Å². The third kappa shape index (κ3) is 7.02. The number of carbonyl (C=O) groups excluding carboxylic acids is 3. The zero-order valence-electron chi connectivity index (χ0n) is 14.3. The number of halogens is 3. The number of urea groups is 1. The summed E-state index contributed by atoms with van der Waals surface area (Å²) < 4.78 is 45.9. The molecule has 11 heteroatoms. The summed E-state index contributed by atoms with van der Waals surface area (Å²) in [6, 6.07) is 8.44. The highest BCUT2D eigenvalue weighted by molar-refractivity contribution is 5.99. The highest BCUT2D eigenvalue weighted by Crippen LogP contribution is 2.17. The van der Waals surface area contributed by atoms with Gasteiger partial charge in [-0.15, -0.1) is 0 Å². The van der Waals surface area contributed by atoms with E-state index in [0.29, 0.717) is 18.0 Å². The van der Waals surface area contributed by atoms with Crippen LogP contribution >= 0.6 is 0 Å². The van der Waals surface area contributed by atoms with Crippen LogP contribution in [0.3, 0.4) is 0 Å². The second-order valence-electron chi connectivity index (χ2n) is 5.40. The molecule has 1 aromatic carbocycles. The minimum Gasteiger partial charge on any atom is -0.467 e. The van der Waals surface area contributed by atoms with Crippen molar-refractivity contribution in [3.8, 4) is 0 Å². The van der Waals surface area contributed by atoms with Gasteiger partial charge in [0, 0.05) is 5.69 Å². The smallest absolute Gasteiger partial charge is 0.405 e. The van der Waals surface area contributed by atoms with Crippen molar-refractivity contribution in [1.82, 2.24) is 10.6 Å². The fourth-order valence-corrected chi connectivity index (χ4v) is 2.01. The Bertz CT molecular complexity index is 822. The van der Waals surface area contributed by atoms with Gasteiger partial charge in [-0.1, -0.05) is 12.1 Å². The van der Waals surface area contributed by atoms with Crippen molar-refractivity contribution in [2.24, 2.45) is 0 Å². The minimum atomic E-state index is -4.61. The van der Waals surface area contributed by atoms with Gasteiger partial charge in [0.25, 0.3) is 5.91 Å². The largest absolute Gasteiger partial charge is 0.467 e. The molecule has 1 aromatic heterocycles. The van der Waals surface area contributed by atoms with Crippen LogP contribution in [0.4, 0.5) is 23.7 Å². The SMILES string of the molecule is O=C(COC(=O)c1ccccc1NCc1ccco1)NC(=O)NCC(F)(F)F. The topological polar surface area (TPSA) is 110 Å². The number of ether oxygens (including phenoxy) is 1. The van der Waals surface area contributed by atoms with Gasteiger partial charge >= 0.3 is 18.2 Å². The van der Waals surface area contributed by atoms with Gasteiger partial charge in [-0.2, -0.15) is 13.2 Å². The van der Waals surface area contributed by atoms with E-state index in [1.54, 1.807) is 35.6 Å². The first kappa shape index (κ1) is 20.8. The molecule has 0 radical (unpaired) electrons. The van der Waals surface area contributed by atoms with Crippen molar-refractivity contribution < 1.29 is 36.7 Å². The Morgan fingerprint density at radius 1 is 1.07 bits per heavy atom. The molecule has 8 nitrogen and oxygen atoms in total. The minimum absolute atomic E-state index is 0.128. The predicted molar refractivity (Wildman–Crippen MR) is 90.4 cm³/mol. The van der Waals surface area contributed by atoms with Crippen molar-refractivity contribution in [2.75, 3.05) is 18.5 Å². The molecule has 0 spiro atoms. The van der Waals surface area contributed by atoms with Gasteiger partial charge in [0.2, 0.25) is 0 Å². The van der Waals surface area contributed by atoms with E-state index in [2.05, 4.69) is 5.32 Å². The number of benzene rings is 1. The number of rotatable bonds is 7. The zero-order chi connectivity index (χ0) is 20.6. The summed E-state index contributed by atoms with van der Waals surface area (Å²) >= 11 is 0. The number of amides is 3. The highest BCUT2D eigenvalue weighted by Gasteiger charge is 2.28. The van der Waals surface area contributed by atoms with Crippen molar-refractivity contribution >= 4 is 23.6 Å². The first-order valence-corrected chi connectivity index (χ1v) is 7.91. The molecule has 1 heterocycles. The maximum Gasteiger partial charge on any atom is 0.405 e. The van der Waals surface area contributed by atoms with Crippen LogP contribution in [-0.2, 0) is 16.1 Å². The van der Waals surface area contributed by atoms with Crippen LogP contribution in [0, 0.1) is 0 Å². The zero-order valence-corrected chi connectivity index (χ0v) is 14.3. The number of nitrogens with one attached hydrogen (secondary N) is 3. The normalized spacial score (nSPS) is 10.8. The van der Waals surface area contributed by atoms with Crippen LogP contribution in [0.5, 0.6) is 0 Å². The van der Waals surface area contributed by atoms with Crippen LogP contribution in [-0.4, -0.2) is 37.2 Å². The first-order valence-electron chi connectivity index (χ1n) is 7.91. The number of esters is 1. The molecule has 28 heavy (non-hydrogen) atoms. The molecule has 2 rings (SSSR count). The fourth-order valence-electron chi connectivity index (χ4n) is 2.01. The molecule has 150 valence electrons. The molecule has 3 amide bonds. The van der Waals surface area contributed by atoms with Gasteiger partial charge in [-0.3, -0.25) is 10.1 Å². The van der Waals surface area contributed by atoms with E-state index in [1.807, 2.05) is 0 Å². The number of anilines is 1. The summed E-state index contributed by atoms with van der Waals surface area (Å²) in [7, 11) is 0. The maximum atomic E-state index is 12.2. The Kier molecular flexibility index (Phi) is 7.02. The summed E-state index contributed by atoms with van der Waals surface area (Å²) in [5.74, 6) is -1.30. The van der Waals surface area contributed by atoms with E-state index >= 15 is 0 Å². The Hall–Kier alpha value is -3.50. The van der Waals surface area contributed by atoms with E-state index in [1.165, 1.54) is 17.6 Å². The second kappa shape index (κ2) is 9.44. The number of hydrogen-bond donors (Lipinski definition) is 3. The summed E-state index contributed by atoms with van der Waals surface area (Å²) in [5.41, 5.74) is 0.551. The number of imide groups is 1. The fraction of sp³-hybridized carbons (Fsp3) is 0.235. The molecule has 0 bridgehead atoms. The molecule has 0 aliphatic rings. The second-order valence-corrected chi connectivity index (χ2v) is 5.40. The van der Waals surface area contributed by atoms with Gasteiger partial charge < -0.3 is 19.8 Å². The number of hydrogen-bond acceptors (Lipinski definition) is 6. The lowest BCUT2D eigenvalue weighted by Gasteiger charge is -2.11. The molecule has 0 aliphatic heterocycles. The molecule has 0 aliphatic carbocycles. The van der Waals surface area contributed by atoms with Gasteiger partial charge in [0.15, 0.2) is 6.61 Å². The number of carbonyl (C=O) groups is 3. The van der Waals surface area contributed by atoms with Crippen molar-refractivity contribution in [3.63, 3.8) is 0 Å². The van der Waals surface area contributed by atoms with Crippen LogP contribution < -0.4 is 16.0 Å². The standard InChI is InChI=1S/C17H16F3N3O5/c18-17(19,20)10-22-16(26)23-14(24)9-28-15(25)12-5-1-2-6-13(12)21-8-11-4-3-7-27-11/h1-7,21H,8-10H2,(H2,22,23,24,26). The third-order valence-corrected chi connectivity index (χ3v) is 3.22. The number of para-hydroxylation sites is 1. The monoisotopic (exact) mass is 399 g/mol. The summed E-state index contributed by atoms with van der Waals surface area (Å²) in [5, 5.41) is 6.06. The molecule has 0 fully saturated rings. The van der Waals surface area contributed by atoms with Crippen molar-refractivity contribution in [3.05, 3.63) is 54.0 Å². The first-order chi connectivity index (χ1) is 13.2. The number of furan rings is 1. The van der Waals surface area contributed by atoms with Crippen molar-refractivity contribution in [2.45, 2.75) is 12.7 Å². The Labute approximate surface area is 157 Å². The quantitative estimate of drug-likeness (QED) is 0.617. The average molecular weight is 399 g/mol. The molecular formula is C17H16F3N3O5. The van der Waals surface area contributed by atoms with Crippen molar-refractivity contribution in [1.29, 1.82) is 0 Å².